The van der Waals surface area contributed by atoms with Crippen LogP contribution in [0.3, 0.4) is 0 Å². The molecule has 0 saturated carbocycles. The summed E-state index contributed by atoms with van der Waals surface area (Å²) in [5.41, 5.74) is 4.83. The van der Waals surface area contributed by atoms with E-state index in [-0.39, 0.29) is 5.91 Å². The second kappa shape index (κ2) is 8.80. The van der Waals surface area contributed by atoms with Crippen molar-refractivity contribution < 1.29 is 4.79 Å². The van der Waals surface area contributed by atoms with Crippen molar-refractivity contribution in [2.45, 2.75) is 13.5 Å². The van der Waals surface area contributed by atoms with Crippen LogP contribution in [0.4, 0.5) is 17.1 Å². The summed E-state index contributed by atoms with van der Waals surface area (Å²) >= 11 is 6.22. The van der Waals surface area contributed by atoms with Gasteiger partial charge in [-0.05, 0) is 54.4 Å². The Labute approximate surface area is 179 Å². The van der Waals surface area contributed by atoms with Crippen molar-refractivity contribution in [2.75, 3.05) is 10.6 Å². The maximum absolute atomic E-state index is 12.9. The smallest absolute Gasteiger partial charge is 0.257 e. The van der Waals surface area contributed by atoms with E-state index in [0.717, 1.165) is 22.5 Å². The monoisotopic (exact) mass is 417 g/mol. The molecule has 6 nitrogen and oxygen atoms in total. The summed E-state index contributed by atoms with van der Waals surface area (Å²) in [6.07, 6.45) is 3.17. The minimum Gasteiger partial charge on any atom is -0.355 e. The highest BCUT2D eigenvalue weighted by atomic mass is 35.5. The summed E-state index contributed by atoms with van der Waals surface area (Å²) in [5.74, 6) is -0.193. The van der Waals surface area contributed by atoms with Crippen molar-refractivity contribution in [3.05, 3.63) is 101 Å². The molecular formula is C23H20ClN5O. The lowest BCUT2D eigenvalue weighted by Crippen LogP contribution is -2.14. The van der Waals surface area contributed by atoms with Gasteiger partial charge in [0.15, 0.2) is 0 Å². The molecule has 0 aliphatic rings. The number of nitrogens with one attached hydrogen (secondary N) is 2. The molecular weight excluding hydrogens is 398 g/mol. The normalized spacial score (nSPS) is 10.6. The highest BCUT2D eigenvalue weighted by Crippen LogP contribution is 2.28. The number of hydrogen-bond donors (Lipinski definition) is 2. The molecule has 0 radical (unpaired) electrons. The van der Waals surface area contributed by atoms with E-state index in [4.69, 9.17) is 11.6 Å². The van der Waals surface area contributed by atoms with Gasteiger partial charge in [0, 0.05) is 16.4 Å². The first-order valence-corrected chi connectivity index (χ1v) is 9.82. The molecule has 7 heteroatoms. The fraction of sp³-hybridized carbons (Fsp3) is 0.0870. The summed E-state index contributed by atoms with van der Waals surface area (Å²) in [7, 11) is 0. The van der Waals surface area contributed by atoms with Gasteiger partial charge in [0.05, 0.1) is 17.8 Å². The van der Waals surface area contributed by atoms with Crippen LogP contribution in [0.5, 0.6) is 0 Å². The van der Waals surface area contributed by atoms with E-state index >= 15 is 0 Å². The molecule has 0 bridgehead atoms. The van der Waals surface area contributed by atoms with Gasteiger partial charge in [-0.15, -0.1) is 0 Å². The SMILES string of the molecule is Cc1c(Cl)cccc1Nc1ccccc1C(=O)Nc1ccc(Cn2cncn2)cc1. The number of benzene rings is 3. The first-order chi connectivity index (χ1) is 14.6. The molecule has 4 aromatic rings. The van der Waals surface area contributed by atoms with Crippen LogP contribution in [0, 0.1) is 6.92 Å². The zero-order chi connectivity index (χ0) is 20.9. The Morgan fingerprint density at radius 2 is 1.77 bits per heavy atom. The second-order valence-electron chi connectivity index (χ2n) is 6.83. The quantitative estimate of drug-likeness (QED) is 0.447. The third-order valence-electron chi connectivity index (χ3n) is 4.73. The van der Waals surface area contributed by atoms with Gasteiger partial charge in [0.25, 0.3) is 5.91 Å². The van der Waals surface area contributed by atoms with E-state index in [0.29, 0.717) is 22.8 Å². The Kier molecular flexibility index (Phi) is 5.77. The van der Waals surface area contributed by atoms with Crippen LogP contribution in [0.2, 0.25) is 5.02 Å². The second-order valence-corrected chi connectivity index (χ2v) is 7.23. The zero-order valence-electron chi connectivity index (χ0n) is 16.3. The predicted octanol–water partition coefficient (Wildman–Crippen LogP) is 5.28. The molecule has 3 aromatic carbocycles. The van der Waals surface area contributed by atoms with Crippen molar-refractivity contribution in [3.8, 4) is 0 Å². The average Bonchev–Trinajstić information content (AvgIpc) is 3.26. The van der Waals surface area contributed by atoms with E-state index < -0.39 is 0 Å². The highest BCUT2D eigenvalue weighted by molar-refractivity contribution is 6.31. The van der Waals surface area contributed by atoms with Gasteiger partial charge >= 0.3 is 0 Å². The predicted molar refractivity (Wildman–Crippen MR) is 119 cm³/mol. The summed E-state index contributed by atoms with van der Waals surface area (Å²) in [6.45, 7) is 2.56. The van der Waals surface area contributed by atoms with Crippen LogP contribution in [0.1, 0.15) is 21.5 Å². The Bertz CT molecular complexity index is 1160. The number of hydrogen-bond acceptors (Lipinski definition) is 4. The van der Waals surface area contributed by atoms with E-state index in [1.807, 2.05) is 67.6 Å². The zero-order valence-corrected chi connectivity index (χ0v) is 17.1. The molecule has 0 spiro atoms. The molecule has 0 unspecified atom stereocenters. The van der Waals surface area contributed by atoms with Crippen molar-refractivity contribution in [3.63, 3.8) is 0 Å². The van der Waals surface area contributed by atoms with E-state index in [9.17, 15) is 4.79 Å². The third-order valence-corrected chi connectivity index (χ3v) is 5.14. The number of rotatable bonds is 6. The minimum absolute atomic E-state index is 0.193. The number of halogens is 1. The van der Waals surface area contributed by atoms with Crippen LogP contribution >= 0.6 is 11.6 Å². The number of anilines is 3. The summed E-state index contributed by atoms with van der Waals surface area (Å²) < 4.78 is 1.74. The van der Waals surface area contributed by atoms with Crippen LogP contribution < -0.4 is 10.6 Å². The van der Waals surface area contributed by atoms with Gasteiger partial charge in [-0.2, -0.15) is 5.10 Å². The average molecular weight is 418 g/mol. The van der Waals surface area contributed by atoms with Crippen LogP contribution in [-0.4, -0.2) is 20.7 Å². The number of aromatic nitrogens is 3. The number of amides is 1. The molecule has 30 heavy (non-hydrogen) atoms. The molecule has 150 valence electrons. The van der Waals surface area contributed by atoms with Crippen LogP contribution in [-0.2, 0) is 6.54 Å². The standard InChI is InChI=1S/C23H20ClN5O/c1-16-20(24)6-4-8-21(16)28-22-7-3-2-5-19(22)23(30)27-18-11-9-17(10-12-18)13-29-15-25-14-26-29/h2-12,14-15,28H,13H2,1H3,(H,27,30). The van der Waals surface area contributed by atoms with Gasteiger partial charge < -0.3 is 10.6 Å². The highest BCUT2D eigenvalue weighted by Gasteiger charge is 2.13. The lowest BCUT2D eigenvalue weighted by atomic mass is 10.1. The molecule has 0 aliphatic carbocycles. The Morgan fingerprint density at radius 3 is 2.53 bits per heavy atom. The molecule has 2 N–H and O–H groups in total. The van der Waals surface area contributed by atoms with E-state index in [1.54, 1.807) is 17.1 Å². The fourth-order valence-electron chi connectivity index (χ4n) is 3.07. The number of carbonyl (C=O) groups is 1. The Hall–Kier alpha value is -3.64. The van der Waals surface area contributed by atoms with Gasteiger partial charge in [-0.3, -0.25) is 4.79 Å². The fourth-order valence-corrected chi connectivity index (χ4v) is 3.25. The summed E-state index contributed by atoms with van der Waals surface area (Å²) in [4.78, 5) is 16.9. The molecule has 4 rings (SSSR count). The first kappa shape index (κ1) is 19.7. The Balaban J connectivity index is 1.49. The van der Waals surface area contributed by atoms with Crippen molar-refractivity contribution in [2.24, 2.45) is 0 Å². The largest absolute Gasteiger partial charge is 0.355 e. The first-order valence-electron chi connectivity index (χ1n) is 9.44. The maximum Gasteiger partial charge on any atom is 0.257 e. The minimum atomic E-state index is -0.193. The van der Waals surface area contributed by atoms with Gasteiger partial charge in [0.2, 0.25) is 0 Å². The number of para-hydroxylation sites is 1. The van der Waals surface area contributed by atoms with Gasteiger partial charge in [-0.25, -0.2) is 9.67 Å². The topological polar surface area (TPSA) is 71.8 Å². The van der Waals surface area contributed by atoms with Crippen molar-refractivity contribution >= 4 is 34.6 Å². The van der Waals surface area contributed by atoms with E-state index in [1.165, 1.54) is 6.33 Å². The van der Waals surface area contributed by atoms with E-state index in [2.05, 4.69) is 20.7 Å². The molecule has 0 aliphatic heterocycles. The molecule has 0 fully saturated rings. The van der Waals surface area contributed by atoms with Gasteiger partial charge in [-0.1, -0.05) is 41.9 Å². The molecule has 0 saturated heterocycles. The van der Waals surface area contributed by atoms with Crippen LogP contribution in [0.25, 0.3) is 0 Å². The maximum atomic E-state index is 12.9. The van der Waals surface area contributed by atoms with Crippen molar-refractivity contribution in [1.82, 2.24) is 14.8 Å². The number of nitrogens with zero attached hydrogens (tertiary/aromatic N) is 3. The summed E-state index contributed by atoms with van der Waals surface area (Å²) in [6, 6.07) is 20.7. The lowest BCUT2D eigenvalue weighted by Gasteiger charge is -2.14. The van der Waals surface area contributed by atoms with Crippen LogP contribution in [0.15, 0.2) is 79.4 Å². The summed E-state index contributed by atoms with van der Waals surface area (Å²) in [5, 5.41) is 11.1. The third kappa shape index (κ3) is 4.50. The van der Waals surface area contributed by atoms with Gasteiger partial charge in [0.1, 0.15) is 12.7 Å². The Morgan fingerprint density at radius 1 is 1.00 bits per heavy atom. The van der Waals surface area contributed by atoms with Crippen molar-refractivity contribution in [1.29, 1.82) is 0 Å². The lowest BCUT2D eigenvalue weighted by molar-refractivity contribution is 0.102. The molecule has 0 atom stereocenters. The molecule has 1 aromatic heterocycles. The molecule has 1 amide bonds. The molecule has 1 heterocycles. The number of carbonyl (C=O) groups excluding carboxylic acids is 1.